The lowest BCUT2D eigenvalue weighted by Gasteiger charge is -2.62. The van der Waals surface area contributed by atoms with Gasteiger partial charge in [-0.25, -0.2) is 9.18 Å². The summed E-state index contributed by atoms with van der Waals surface area (Å²) in [7, 11) is 0. The number of aliphatic hydroxyl groups excluding tert-OH is 1. The third-order valence-electron chi connectivity index (χ3n) is 10.1. The van der Waals surface area contributed by atoms with Gasteiger partial charge in [0, 0.05) is 36.1 Å². The number of ether oxygens (including phenoxy) is 2. The fourth-order valence-corrected chi connectivity index (χ4v) is 8.22. The number of Topliss-reactive ketones (excluding diaryl/α,β-unsaturated/α-hetero) is 1. The summed E-state index contributed by atoms with van der Waals surface area (Å²) in [6.07, 6.45) is 4.90. The summed E-state index contributed by atoms with van der Waals surface area (Å²) in [6.45, 7) is 8.29. The molecule has 3 saturated carbocycles. The summed E-state index contributed by atoms with van der Waals surface area (Å²) in [4.78, 5) is 50.5. The smallest absolute Gasteiger partial charge is 0.408 e. The van der Waals surface area contributed by atoms with Gasteiger partial charge in [-0.3, -0.25) is 14.4 Å². The highest BCUT2D eigenvalue weighted by atomic mass is 19.1. The molecule has 0 aromatic carbocycles. The number of unbranched alkanes of at least 4 members (excludes halogenated alkanes) is 1. The van der Waals surface area contributed by atoms with E-state index in [1.807, 2.05) is 6.92 Å². The largest absolute Gasteiger partial charge is 0.458 e. The number of halogens is 1. The molecular weight excluding hydrogens is 493 g/mol. The number of allylic oxidation sites excluding steroid dienone is 4. The Balaban J connectivity index is 1.77. The summed E-state index contributed by atoms with van der Waals surface area (Å²) < 4.78 is 28.5. The minimum absolute atomic E-state index is 0.131. The Morgan fingerprint density at radius 2 is 1.95 bits per heavy atom. The fraction of sp³-hybridized carbons (Fsp3) is 0.724. The van der Waals surface area contributed by atoms with Gasteiger partial charge in [0.2, 0.25) is 5.78 Å². The number of hydrogen-bond acceptors (Lipinski definition) is 7. The lowest BCUT2D eigenvalue weighted by atomic mass is 9.44. The van der Waals surface area contributed by atoms with E-state index >= 15 is 4.39 Å². The van der Waals surface area contributed by atoms with Crippen molar-refractivity contribution in [3.05, 3.63) is 23.8 Å². The molecule has 3 fully saturated rings. The zero-order chi connectivity index (χ0) is 28.1. The Hall–Kier alpha value is -2.55. The molecule has 8 nitrogen and oxygen atoms in total. The van der Waals surface area contributed by atoms with Gasteiger partial charge in [-0.1, -0.05) is 38.8 Å². The van der Waals surface area contributed by atoms with E-state index in [1.54, 1.807) is 26.8 Å². The highest BCUT2D eigenvalue weighted by Gasteiger charge is 2.77. The summed E-state index contributed by atoms with van der Waals surface area (Å²) >= 11 is 0. The topological polar surface area (TPSA) is 119 Å². The van der Waals surface area contributed by atoms with E-state index < -0.39 is 70.4 Å². The first-order valence-corrected chi connectivity index (χ1v) is 13.7. The predicted octanol–water partition coefficient (Wildman–Crippen LogP) is 4.00. The van der Waals surface area contributed by atoms with Crippen LogP contribution >= 0.6 is 0 Å². The molecule has 0 aromatic heterocycles. The second-order valence-electron chi connectivity index (χ2n) is 12.0. The van der Waals surface area contributed by atoms with Crippen LogP contribution in [0.25, 0.3) is 0 Å². The second-order valence-corrected chi connectivity index (χ2v) is 12.0. The van der Waals surface area contributed by atoms with Gasteiger partial charge >= 0.3 is 12.1 Å². The minimum atomic E-state index is -2.07. The molecule has 3 unspecified atom stereocenters. The van der Waals surface area contributed by atoms with E-state index in [4.69, 9.17) is 9.47 Å². The van der Waals surface area contributed by atoms with Crippen LogP contribution in [0, 0.1) is 28.6 Å². The first kappa shape index (κ1) is 28.5. The van der Waals surface area contributed by atoms with Gasteiger partial charge < -0.3 is 19.9 Å². The number of nitrogens with one attached hydrogen (secondary N) is 1. The normalized spacial score (nSPS) is 41.3. The monoisotopic (exact) mass is 533 g/mol. The molecule has 0 heterocycles. The van der Waals surface area contributed by atoms with Gasteiger partial charge in [-0.2, -0.15) is 0 Å². The third-order valence-corrected chi connectivity index (χ3v) is 10.1. The van der Waals surface area contributed by atoms with Crippen molar-refractivity contribution >= 4 is 23.6 Å². The summed E-state index contributed by atoms with van der Waals surface area (Å²) in [5.41, 5.74) is -5.41. The lowest BCUT2D eigenvalue weighted by Crippen LogP contribution is -2.70. The van der Waals surface area contributed by atoms with Crippen LogP contribution in [-0.2, 0) is 23.9 Å². The number of fused-ring (bicyclic) bond motifs is 5. The molecule has 210 valence electrons. The van der Waals surface area contributed by atoms with Crippen molar-refractivity contribution in [2.75, 3.05) is 13.2 Å². The molecule has 4 aliphatic rings. The highest BCUT2D eigenvalue weighted by Crippen LogP contribution is 2.71. The van der Waals surface area contributed by atoms with Gasteiger partial charge in [0.05, 0.1) is 6.10 Å². The van der Waals surface area contributed by atoms with Crippen LogP contribution in [0.15, 0.2) is 23.8 Å². The molecule has 2 N–H and O–H groups in total. The standard InChI is InChI=1S/C29H40FNO7/c1-6-7-12-31-25(36)38-29(24(35)16-37-18(3)32)17(2)13-22-21-9-8-19-14-20(33)10-11-26(19,4)28(21,30)23(34)15-27(22,29)5/h10-11,14,17,21-23,34H,6-9,12-13,15-16H2,1-5H3,(H,31,36)/t17-,21?,22?,23-,26-,27-,28?,29+/m0/s1. The average Bonchev–Trinajstić information content (AvgIpc) is 3.06. The van der Waals surface area contributed by atoms with Gasteiger partial charge in [0.25, 0.3) is 0 Å². The Labute approximate surface area is 223 Å². The molecule has 0 aromatic rings. The summed E-state index contributed by atoms with van der Waals surface area (Å²) in [6, 6.07) is 0. The minimum Gasteiger partial charge on any atom is -0.458 e. The van der Waals surface area contributed by atoms with Crippen LogP contribution in [-0.4, -0.2) is 59.3 Å². The van der Waals surface area contributed by atoms with Crippen molar-refractivity contribution in [1.82, 2.24) is 5.32 Å². The van der Waals surface area contributed by atoms with E-state index in [1.165, 1.54) is 19.1 Å². The zero-order valence-corrected chi connectivity index (χ0v) is 23.0. The van der Waals surface area contributed by atoms with Crippen LogP contribution < -0.4 is 5.32 Å². The van der Waals surface area contributed by atoms with Crippen molar-refractivity contribution in [3.8, 4) is 0 Å². The van der Waals surface area contributed by atoms with Crippen molar-refractivity contribution in [1.29, 1.82) is 0 Å². The number of aliphatic hydroxyl groups is 1. The maximum atomic E-state index is 17.4. The Morgan fingerprint density at radius 1 is 1.24 bits per heavy atom. The van der Waals surface area contributed by atoms with Crippen LogP contribution in [0.2, 0.25) is 0 Å². The van der Waals surface area contributed by atoms with Crippen molar-refractivity contribution in [2.45, 2.75) is 90.5 Å². The van der Waals surface area contributed by atoms with Crippen molar-refractivity contribution < 1.29 is 38.1 Å². The van der Waals surface area contributed by atoms with Gasteiger partial charge in [0.1, 0.15) is 0 Å². The fourth-order valence-electron chi connectivity index (χ4n) is 8.22. The van der Waals surface area contributed by atoms with Crippen LogP contribution in [0.5, 0.6) is 0 Å². The Kier molecular flexibility index (Phi) is 7.40. The van der Waals surface area contributed by atoms with E-state index in [0.717, 1.165) is 12.8 Å². The van der Waals surface area contributed by atoms with E-state index in [2.05, 4.69) is 5.32 Å². The molecular formula is C29H40FNO7. The maximum absolute atomic E-state index is 17.4. The molecule has 38 heavy (non-hydrogen) atoms. The van der Waals surface area contributed by atoms with Crippen LogP contribution in [0.1, 0.15) is 73.1 Å². The summed E-state index contributed by atoms with van der Waals surface area (Å²) in [5.74, 6) is -2.96. The molecule has 1 amide bonds. The number of ketones is 2. The number of carbonyl (C=O) groups is 4. The molecule has 4 rings (SSSR count). The third kappa shape index (κ3) is 3.95. The molecule has 9 heteroatoms. The number of hydrogen-bond donors (Lipinski definition) is 2. The first-order valence-electron chi connectivity index (χ1n) is 13.7. The molecule has 0 aliphatic heterocycles. The van der Waals surface area contributed by atoms with Crippen molar-refractivity contribution in [3.63, 3.8) is 0 Å². The predicted molar refractivity (Wildman–Crippen MR) is 137 cm³/mol. The number of rotatable bonds is 7. The van der Waals surface area contributed by atoms with Gasteiger partial charge in [-0.05, 0) is 57.1 Å². The Bertz CT molecular complexity index is 1090. The number of alkyl carbamates (subject to hydrolysis) is 1. The molecule has 8 atom stereocenters. The lowest BCUT2D eigenvalue weighted by molar-refractivity contribution is -0.219. The zero-order valence-electron chi connectivity index (χ0n) is 23.0. The second kappa shape index (κ2) is 9.88. The molecule has 4 aliphatic carbocycles. The number of alkyl halides is 1. The van der Waals surface area contributed by atoms with E-state index in [0.29, 0.717) is 31.4 Å². The van der Waals surface area contributed by atoms with Crippen LogP contribution in [0.3, 0.4) is 0 Å². The average molecular weight is 534 g/mol. The Morgan fingerprint density at radius 3 is 2.61 bits per heavy atom. The molecule has 0 bridgehead atoms. The highest BCUT2D eigenvalue weighted by molar-refractivity contribution is 6.01. The maximum Gasteiger partial charge on any atom is 0.408 e. The number of carbonyl (C=O) groups excluding carboxylic acids is 4. The van der Waals surface area contributed by atoms with Crippen molar-refractivity contribution in [2.24, 2.45) is 28.6 Å². The SMILES string of the molecule is CCCCNC(=O)O[C@@]1(C(=O)COC(C)=O)[C@@H](C)CC2C3CCC4=CC(=O)C=C[C@]4(C)C3(F)[C@@H](O)C[C@@]21C. The number of amides is 1. The quantitative estimate of drug-likeness (QED) is 0.375. The van der Waals surface area contributed by atoms with Gasteiger partial charge in [-0.15, -0.1) is 0 Å². The van der Waals surface area contributed by atoms with E-state index in [-0.39, 0.29) is 12.2 Å². The molecule has 0 spiro atoms. The summed E-state index contributed by atoms with van der Waals surface area (Å²) in [5, 5.41) is 14.3. The number of esters is 1. The first-order chi connectivity index (χ1) is 17.8. The molecule has 0 saturated heterocycles. The van der Waals surface area contributed by atoms with E-state index in [9.17, 15) is 24.3 Å². The molecule has 0 radical (unpaired) electrons. The van der Waals surface area contributed by atoms with Crippen LogP contribution in [0.4, 0.5) is 9.18 Å². The van der Waals surface area contributed by atoms with Gasteiger partial charge in [0.15, 0.2) is 23.7 Å².